The van der Waals surface area contributed by atoms with Crippen molar-refractivity contribution in [2.24, 2.45) is 4.99 Å². The summed E-state index contributed by atoms with van der Waals surface area (Å²) in [6, 6.07) is 16.0. The summed E-state index contributed by atoms with van der Waals surface area (Å²) in [7, 11) is 3.80. The Bertz CT molecular complexity index is 776. The van der Waals surface area contributed by atoms with Crippen LogP contribution in [-0.4, -0.2) is 37.4 Å². The van der Waals surface area contributed by atoms with Crippen LogP contribution < -0.4 is 10.6 Å². The number of guanidine groups is 1. The number of carbonyl (C=O) groups excluding carboxylic acids is 1. The molecule has 27 heavy (non-hydrogen) atoms. The second-order valence-corrected chi connectivity index (χ2v) is 6.24. The molecule has 0 saturated carbocycles. The molecule has 146 valence electrons. The van der Waals surface area contributed by atoms with Gasteiger partial charge in [-0.1, -0.05) is 36.4 Å². The first-order valence-electron chi connectivity index (χ1n) is 8.88. The number of hydrogen-bond donors (Lipinski definition) is 2. The van der Waals surface area contributed by atoms with Crippen LogP contribution in [0.4, 0.5) is 0 Å². The maximum Gasteiger partial charge on any atom is 0.251 e. The van der Waals surface area contributed by atoms with Crippen molar-refractivity contribution in [2.75, 3.05) is 20.6 Å². The molecular weight excluding hydrogens is 451 g/mol. The number of benzene rings is 2. The minimum Gasteiger partial charge on any atom is -0.352 e. The molecule has 0 saturated heterocycles. The molecule has 0 bridgehead atoms. The van der Waals surface area contributed by atoms with Gasteiger partial charge in [0.2, 0.25) is 0 Å². The van der Waals surface area contributed by atoms with Crippen molar-refractivity contribution in [3.63, 3.8) is 0 Å². The van der Waals surface area contributed by atoms with Crippen molar-refractivity contribution in [3.8, 4) is 0 Å². The van der Waals surface area contributed by atoms with Crippen LogP contribution in [0, 0.1) is 6.92 Å². The highest BCUT2D eigenvalue weighted by Crippen LogP contribution is 2.10. The molecule has 1 amide bonds. The Balaban J connectivity index is 0.00000364. The molecule has 0 aromatic heterocycles. The first-order chi connectivity index (χ1) is 12.5. The highest BCUT2D eigenvalue weighted by molar-refractivity contribution is 14.0. The molecule has 2 N–H and O–H groups in total. The molecule has 0 unspecified atom stereocenters. The maximum atomic E-state index is 12.0. The van der Waals surface area contributed by atoms with E-state index in [9.17, 15) is 4.79 Å². The van der Waals surface area contributed by atoms with E-state index in [1.54, 1.807) is 7.05 Å². The average molecular weight is 480 g/mol. The standard InChI is InChI=1S/C21H28N4O.HI/c1-5-23-20(26)18-12-8-10-17(13-18)14-24-21(22-3)25(4)15-19-11-7-6-9-16(19)2;/h6-13H,5,14-15H2,1-4H3,(H,22,24)(H,23,26);1H. The Hall–Kier alpha value is -2.09. The normalized spacial score (nSPS) is 10.7. The molecule has 0 heterocycles. The third-order valence-electron chi connectivity index (χ3n) is 4.22. The molecule has 0 spiro atoms. The quantitative estimate of drug-likeness (QED) is 0.378. The minimum absolute atomic E-state index is 0. The predicted octanol–water partition coefficient (Wildman–Crippen LogP) is 3.57. The number of aryl methyl sites for hydroxylation is 1. The summed E-state index contributed by atoms with van der Waals surface area (Å²) in [5, 5.41) is 6.19. The number of nitrogens with zero attached hydrogens (tertiary/aromatic N) is 2. The number of carbonyl (C=O) groups is 1. The summed E-state index contributed by atoms with van der Waals surface area (Å²) in [6.07, 6.45) is 0. The summed E-state index contributed by atoms with van der Waals surface area (Å²) in [6.45, 7) is 6.05. The third-order valence-corrected chi connectivity index (χ3v) is 4.22. The topological polar surface area (TPSA) is 56.7 Å². The fraction of sp³-hybridized carbons (Fsp3) is 0.333. The Morgan fingerprint density at radius 3 is 2.52 bits per heavy atom. The SMILES string of the molecule is CCNC(=O)c1cccc(CNC(=NC)N(C)Cc2ccccc2C)c1.I. The fourth-order valence-corrected chi connectivity index (χ4v) is 2.77. The highest BCUT2D eigenvalue weighted by atomic mass is 127. The average Bonchev–Trinajstić information content (AvgIpc) is 2.64. The Kier molecular flexibility index (Phi) is 9.85. The van der Waals surface area contributed by atoms with Gasteiger partial charge in [0, 0.05) is 39.3 Å². The molecule has 0 atom stereocenters. The number of aliphatic imine (C=N–C) groups is 1. The summed E-state index contributed by atoms with van der Waals surface area (Å²) in [5.41, 5.74) is 4.26. The zero-order valence-corrected chi connectivity index (χ0v) is 18.8. The minimum atomic E-state index is -0.0459. The van der Waals surface area contributed by atoms with E-state index in [2.05, 4.69) is 45.6 Å². The largest absolute Gasteiger partial charge is 0.352 e. The number of halogens is 1. The first kappa shape index (κ1) is 23.0. The van der Waals surface area contributed by atoms with Crippen LogP contribution in [0.3, 0.4) is 0 Å². The lowest BCUT2D eigenvalue weighted by molar-refractivity contribution is 0.0955. The van der Waals surface area contributed by atoms with E-state index in [0.717, 1.165) is 18.1 Å². The lowest BCUT2D eigenvalue weighted by Gasteiger charge is -2.23. The second-order valence-electron chi connectivity index (χ2n) is 6.24. The zero-order valence-electron chi connectivity index (χ0n) is 16.5. The van der Waals surface area contributed by atoms with Gasteiger partial charge in [-0.3, -0.25) is 9.79 Å². The molecule has 2 rings (SSSR count). The van der Waals surface area contributed by atoms with E-state index in [1.165, 1.54) is 11.1 Å². The molecule has 0 fully saturated rings. The number of rotatable bonds is 6. The summed E-state index contributed by atoms with van der Waals surface area (Å²) >= 11 is 0. The number of hydrogen-bond acceptors (Lipinski definition) is 2. The predicted molar refractivity (Wildman–Crippen MR) is 123 cm³/mol. The van der Waals surface area contributed by atoms with Gasteiger partial charge in [0.05, 0.1) is 0 Å². The van der Waals surface area contributed by atoms with Crippen molar-refractivity contribution in [1.82, 2.24) is 15.5 Å². The molecule has 0 aliphatic carbocycles. The van der Waals surface area contributed by atoms with Gasteiger partial charge in [-0.15, -0.1) is 24.0 Å². The third kappa shape index (κ3) is 6.86. The van der Waals surface area contributed by atoms with Crippen molar-refractivity contribution in [1.29, 1.82) is 0 Å². The molecular formula is C21H29IN4O. The lowest BCUT2D eigenvalue weighted by atomic mass is 10.1. The smallest absolute Gasteiger partial charge is 0.251 e. The highest BCUT2D eigenvalue weighted by Gasteiger charge is 2.09. The Morgan fingerprint density at radius 2 is 1.85 bits per heavy atom. The van der Waals surface area contributed by atoms with Crippen LogP contribution in [0.5, 0.6) is 0 Å². The van der Waals surface area contributed by atoms with Gasteiger partial charge in [0.25, 0.3) is 5.91 Å². The Labute approximate surface area is 179 Å². The molecule has 2 aromatic carbocycles. The van der Waals surface area contributed by atoms with Crippen molar-refractivity contribution >= 4 is 35.8 Å². The van der Waals surface area contributed by atoms with Crippen molar-refractivity contribution < 1.29 is 4.79 Å². The molecule has 0 aliphatic rings. The monoisotopic (exact) mass is 480 g/mol. The lowest BCUT2D eigenvalue weighted by Crippen LogP contribution is -2.38. The Morgan fingerprint density at radius 1 is 1.11 bits per heavy atom. The first-order valence-corrected chi connectivity index (χ1v) is 8.88. The second kappa shape index (κ2) is 11.6. The van der Waals surface area contributed by atoms with E-state index in [-0.39, 0.29) is 29.9 Å². The van der Waals surface area contributed by atoms with E-state index >= 15 is 0 Å². The summed E-state index contributed by atoms with van der Waals surface area (Å²) < 4.78 is 0. The molecule has 5 nitrogen and oxygen atoms in total. The summed E-state index contributed by atoms with van der Waals surface area (Å²) in [5.74, 6) is 0.770. The number of nitrogens with one attached hydrogen (secondary N) is 2. The molecule has 6 heteroatoms. The van der Waals surface area contributed by atoms with Gasteiger partial charge in [-0.05, 0) is 42.7 Å². The number of amides is 1. The van der Waals surface area contributed by atoms with Gasteiger partial charge in [-0.25, -0.2) is 0 Å². The van der Waals surface area contributed by atoms with E-state index in [0.29, 0.717) is 18.7 Å². The van der Waals surface area contributed by atoms with E-state index < -0.39 is 0 Å². The molecule has 2 aromatic rings. The van der Waals surface area contributed by atoms with Crippen molar-refractivity contribution in [3.05, 3.63) is 70.8 Å². The molecule has 0 radical (unpaired) electrons. The van der Waals surface area contributed by atoms with E-state index in [4.69, 9.17) is 0 Å². The van der Waals surface area contributed by atoms with Crippen LogP contribution in [0.1, 0.15) is 34.0 Å². The van der Waals surface area contributed by atoms with Crippen molar-refractivity contribution in [2.45, 2.75) is 26.9 Å². The van der Waals surface area contributed by atoms with Crippen LogP contribution in [0.2, 0.25) is 0 Å². The van der Waals surface area contributed by atoms with Crippen LogP contribution in [-0.2, 0) is 13.1 Å². The van der Waals surface area contributed by atoms with Crippen LogP contribution in [0.25, 0.3) is 0 Å². The van der Waals surface area contributed by atoms with Gasteiger partial charge < -0.3 is 15.5 Å². The molecule has 0 aliphatic heterocycles. The summed E-state index contributed by atoms with van der Waals surface area (Å²) in [4.78, 5) is 18.4. The van der Waals surface area contributed by atoms with Crippen LogP contribution >= 0.6 is 24.0 Å². The van der Waals surface area contributed by atoms with Gasteiger partial charge in [0.1, 0.15) is 0 Å². The van der Waals surface area contributed by atoms with Gasteiger partial charge in [-0.2, -0.15) is 0 Å². The zero-order chi connectivity index (χ0) is 18.9. The van der Waals surface area contributed by atoms with E-state index in [1.807, 2.05) is 44.3 Å². The maximum absolute atomic E-state index is 12.0. The fourth-order valence-electron chi connectivity index (χ4n) is 2.77. The van der Waals surface area contributed by atoms with Gasteiger partial charge >= 0.3 is 0 Å². The van der Waals surface area contributed by atoms with Gasteiger partial charge in [0.15, 0.2) is 5.96 Å². The van der Waals surface area contributed by atoms with Crippen LogP contribution in [0.15, 0.2) is 53.5 Å².